The molecule has 1 aromatic heterocycles. The maximum absolute atomic E-state index is 12.2. The van der Waals surface area contributed by atoms with Crippen molar-refractivity contribution in [1.29, 1.82) is 0 Å². The topological polar surface area (TPSA) is 59.1 Å². The quantitative estimate of drug-likeness (QED) is 0.908. The third kappa shape index (κ3) is 3.46. The van der Waals surface area contributed by atoms with Crippen molar-refractivity contribution < 1.29 is 8.42 Å². The minimum Gasteiger partial charge on any atom is -0.279 e. The molecule has 0 fully saturated rings. The average Bonchev–Trinajstić information content (AvgIpc) is 2.33. The van der Waals surface area contributed by atoms with Gasteiger partial charge in [-0.25, -0.2) is 8.42 Å². The number of halogens is 2. The number of nitrogens with zero attached hydrogens (tertiary/aromatic N) is 1. The molecule has 0 saturated carbocycles. The molecule has 1 N–H and O–H groups in total. The Kier molecular flexibility index (Phi) is 4.13. The zero-order valence-corrected chi connectivity index (χ0v) is 13.1. The molecule has 19 heavy (non-hydrogen) atoms. The van der Waals surface area contributed by atoms with Gasteiger partial charge >= 0.3 is 0 Å². The number of hydrogen-bond acceptors (Lipinski definition) is 3. The van der Waals surface area contributed by atoms with Crippen molar-refractivity contribution in [1.82, 2.24) is 4.98 Å². The van der Waals surface area contributed by atoms with Crippen LogP contribution in [0.3, 0.4) is 0 Å². The van der Waals surface area contributed by atoms with Crippen LogP contribution in [0, 0.1) is 6.92 Å². The van der Waals surface area contributed by atoms with Gasteiger partial charge in [-0.1, -0.05) is 11.6 Å². The van der Waals surface area contributed by atoms with Crippen molar-refractivity contribution in [2.75, 3.05) is 4.72 Å². The van der Waals surface area contributed by atoms with Gasteiger partial charge in [0.2, 0.25) is 0 Å². The van der Waals surface area contributed by atoms with Crippen molar-refractivity contribution in [3.63, 3.8) is 0 Å². The summed E-state index contributed by atoms with van der Waals surface area (Å²) < 4.78 is 27.5. The molecule has 0 aliphatic heterocycles. The van der Waals surface area contributed by atoms with E-state index in [0.717, 1.165) is 5.56 Å². The van der Waals surface area contributed by atoms with Crippen molar-refractivity contribution >= 4 is 43.2 Å². The molecule has 2 aromatic rings. The maximum Gasteiger partial charge on any atom is 0.263 e. The summed E-state index contributed by atoms with van der Waals surface area (Å²) >= 11 is 9.02. The van der Waals surface area contributed by atoms with E-state index >= 15 is 0 Å². The molecule has 0 aliphatic rings. The Morgan fingerprint density at radius 1 is 1.26 bits per heavy atom. The fourth-order valence-electron chi connectivity index (χ4n) is 1.48. The lowest BCUT2D eigenvalue weighted by Gasteiger charge is -2.10. The lowest BCUT2D eigenvalue weighted by Crippen LogP contribution is -2.14. The van der Waals surface area contributed by atoms with Crippen LogP contribution in [0.25, 0.3) is 0 Å². The molecule has 0 atom stereocenters. The van der Waals surface area contributed by atoms with Crippen molar-refractivity contribution in [3.8, 4) is 0 Å². The third-order valence-electron chi connectivity index (χ3n) is 2.42. The van der Waals surface area contributed by atoms with E-state index in [0.29, 0.717) is 15.2 Å². The second-order valence-corrected chi connectivity index (χ2v) is 6.94. The van der Waals surface area contributed by atoms with Gasteiger partial charge in [0.1, 0.15) is 4.90 Å². The summed E-state index contributed by atoms with van der Waals surface area (Å²) in [6, 6.07) is 6.44. The van der Waals surface area contributed by atoms with E-state index < -0.39 is 10.0 Å². The zero-order valence-electron chi connectivity index (χ0n) is 9.89. The first-order valence-corrected chi connectivity index (χ1v) is 7.93. The lowest BCUT2D eigenvalue weighted by molar-refractivity contribution is 0.600. The highest BCUT2D eigenvalue weighted by atomic mass is 79.9. The molecule has 0 spiro atoms. The first-order chi connectivity index (χ1) is 8.88. The zero-order chi connectivity index (χ0) is 14.0. The predicted molar refractivity (Wildman–Crippen MR) is 78.9 cm³/mol. The standard InChI is InChI=1S/C12H10BrClN2O2S/c1-8-4-10(14)2-3-12(8)16-19(17,18)11-5-9(13)6-15-7-11/h2-7,16H,1H3. The van der Waals surface area contributed by atoms with E-state index in [4.69, 9.17) is 11.6 Å². The third-order valence-corrected chi connectivity index (χ3v) is 4.42. The number of aryl methyl sites for hydroxylation is 1. The molecule has 2 rings (SSSR count). The van der Waals surface area contributed by atoms with Gasteiger partial charge in [-0.05, 0) is 52.7 Å². The summed E-state index contributed by atoms with van der Waals surface area (Å²) in [5.74, 6) is 0. The predicted octanol–water partition coefficient (Wildman–Crippen LogP) is 3.61. The van der Waals surface area contributed by atoms with E-state index in [1.165, 1.54) is 18.5 Å². The van der Waals surface area contributed by atoms with E-state index in [1.54, 1.807) is 25.1 Å². The van der Waals surface area contributed by atoms with Crippen LogP contribution in [0.5, 0.6) is 0 Å². The van der Waals surface area contributed by atoms with Crippen LogP contribution in [0.2, 0.25) is 5.02 Å². The molecule has 0 radical (unpaired) electrons. The first kappa shape index (κ1) is 14.3. The van der Waals surface area contributed by atoms with Crippen molar-refractivity contribution in [2.45, 2.75) is 11.8 Å². The van der Waals surface area contributed by atoms with Crippen LogP contribution in [0.15, 0.2) is 46.0 Å². The van der Waals surface area contributed by atoms with Gasteiger partial charge in [0.25, 0.3) is 10.0 Å². The molecule has 7 heteroatoms. The smallest absolute Gasteiger partial charge is 0.263 e. The van der Waals surface area contributed by atoms with E-state index in [9.17, 15) is 8.42 Å². The maximum atomic E-state index is 12.2. The first-order valence-electron chi connectivity index (χ1n) is 5.28. The number of sulfonamides is 1. The Hall–Kier alpha value is -1.11. The molecule has 1 aromatic carbocycles. The van der Waals surface area contributed by atoms with Gasteiger partial charge in [-0.2, -0.15) is 0 Å². The van der Waals surface area contributed by atoms with Crippen LogP contribution in [0.1, 0.15) is 5.56 Å². The minimum atomic E-state index is -3.66. The number of benzene rings is 1. The SMILES string of the molecule is Cc1cc(Cl)ccc1NS(=O)(=O)c1cncc(Br)c1. The molecule has 100 valence electrons. The lowest BCUT2D eigenvalue weighted by atomic mass is 10.2. The van der Waals surface area contributed by atoms with Gasteiger partial charge in [-0.15, -0.1) is 0 Å². The van der Waals surface area contributed by atoms with E-state index in [1.807, 2.05) is 0 Å². The van der Waals surface area contributed by atoms with Crippen molar-refractivity contribution in [3.05, 3.63) is 51.7 Å². The Morgan fingerprint density at radius 2 is 2.00 bits per heavy atom. The molecule has 0 bridgehead atoms. The number of rotatable bonds is 3. The minimum absolute atomic E-state index is 0.0937. The number of aromatic nitrogens is 1. The number of nitrogens with one attached hydrogen (secondary N) is 1. The average molecular weight is 362 g/mol. The molecule has 0 saturated heterocycles. The fraction of sp³-hybridized carbons (Fsp3) is 0.0833. The van der Waals surface area contributed by atoms with Gasteiger partial charge in [0.15, 0.2) is 0 Å². The van der Waals surface area contributed by atoms with Crippen LogP contribution < -0.4 is 4.72 Å². The molecule has 0 unspecified atom stereocenters. The molecule has 1 heterocycles. The summed E-state index contributed by atoms with van der Waals surface area (Å²) in [7, 11) is -3.66. The Balaban J connectivity index is 2.36. The van der Waals surface area contributed by atoms with Crippen LogP contribution in [0.4, 0.5) is 5.69 Å². The largest absolute Gasteiger partial charge is 0.279 e. The van der Waals surface area contributed by atoms with Crippen LogP contribution >= 0.6 is 27.5 Å². The highest BCUT2D eigenvalue weighted by Gasteiger charge is 2.16. The fourth-order valence-corrected chi connectivity index (χ4v) is 3.35. The normalized spacial score (nSPS) is 11.3. The number of pyridine rings is 1. The van der Waals surface area contributed by atoms with E-state index in [-0.39, 0.29) is 4.90 Å². The summed E-state index contributed by atoms with van der Waals surface area (Å²) in [6.07, 6.45) is 2.81. The van der Waals surface area contributed by atoms with Gasteiger partial charge in [-0.3, -0.25) is 9.71 Å². The Labute approximate surface area is 125 Å². The van der Waals surface area contributed by atoms with Gasteiger partial charge in [0.05, 0.1) is 5.69 Å². The molecule has 4 nitrogen and oxygen atoms in total. The molecule has 0 amide bonds. The highest BCUT2D eigenvalue weighted by molar-refractivity contribution is 9.10. The second kappa shape index (κ2) is 5.48. The summed E-state index contributed by atoms with van der Waals surface area (Å²) in [4.78, 5) is 3.94. The van der Waals surface area contributed by atoms with E-state index in [2.05, 4.69) is 25.6 Å². The van der Waals surface area contributed by atoms with Gasteiger partial charge < -0.3 is 0 Å². The van der Waals surface area contributed by atoms with Crippen LogP contribution in [-0.4, -0.2) is 13.4 Å². The molecule has 0 aliphatic carbocycles. The number of anilines is 1. The Morgan fingerprint density at radius 3 is 2.63 bits per heavy atom. The molecular weight excluding hydrogens is 352 g/mol. The second-order valence-electron chi connectivity index (χ2n) is 3.90. The summed E-state index contributed by atoms with van der Waals surface area (Å²) in [6.45, 7) is 1.78. The van der Waals surface area contributed by atoms with Crippen LogP contribution in [-0.2, 0) is 10.0 Å². The van der Waals surface area contributed by atoms with Gasteiger partial charge in [0, 0.05) is 21.9 Å². The summed E-state index contributed by atoms with van der Waals surface area (Å²) in [5.41, 5.74) is 1.24. The van der Waals surface area contributed by atoms with Crippen molar-refractivity contribution in [2.24, 2.45) is 0 Å². The Bertz CT molecular complexity index is 719. The molecular formula is C12H10BrClN2O2S. The highest BCUT2D eigenvalue weighted by Crippen LogP contribution is 2.23. The monoisotopic (exact) mass is 360 g/mol. The summed E-state index contributed by atoms with van der Waals surface area (Å²) in [5, 5.41) is 0.560. The number of hydrogen-bond donors (Lipinski definition) is 1.